The van der Waals surface area contributed by atoms with Crippen LogP contribution in [0.2, 0.25) is 0 Å². The van der Waals surface area contributed by atoms with Crippen molar-refractivity contribution in [2.45, 2.75) is 19.6 Å². The molecule has 1 aliphatic heterocycles. The van der Waals surface area contributed by atoms with Crippen LogP contribution in [0.3, 0.4) is 0 Å². The molecule has 3 aromatic rings. The first-order valence-electron chi connectivity index (χ1n) is 10.3. The monoisotopic (exact) mass is 458 g/mol. The van der Waals surface area contributed by atoms with Gasteiger partial charge in [0.15, 0.2) is 11.5 Å². The average Bonchev–Trinajstić information content (AvgIpc) is 3.34. The molecule has 0 radical (unpaired) electrons. The molecule has 0 aliphatic carbocycles. The SMILES string of the molecule is COc1cc2nc(CN3CCOCC3)n(CC(=O)NCc3cccs3)c(=O)c2cc1OC. The Labute approximate surface area is 189 Å². The van der Waals surface area contributed by atoms with E-state index < -0.39 is 0 Å². The van der Waals surface area contributed by atoms with Gasteiger partial charge < -0.3 is 19.5 Å². The van der Waals surface area contributed by atoms with Crippen LogP contribution in [0.25, 0.3) is 10.9 Å². The number of morpholine rings is 1. The van der Waals surface area contributed by atoms with Crippen LogP contribution in [-0.2, 0) is 29.2 Å². The zero-order chi connectivity index (χ0) is 22.5. The van der Waals surface area contributed by atoms with Crippen LogP contribution in [0, 0.1) is 0 Å². The number of methoxy groups -OCH3 is 2. The standard InChI is InChI=1S/C22H26N4O5S/c1-29-18-10-16-17(11-19(18)30-2)24-20(13-25-5-7-31-8-6-25)26(22(16)28)14-21(27)23-12-15-4-3-9-32-15/h3-4,9-11H,5-8,12-14H2,1-2H3,(H,23,27). The number of hydrogen-bond donors (Lipinski definition) is 1. The number of rotatable bonds is 8. The third kappa shape index (κ3) is 4.93. The fourth-order valence-electron chi connectivity index (χ4n) is 3.64. The van der Waals surface area contributed by atoms with E-state index in [4.69, 9.17) is 19.2 Å². The van der Waals surface area contributed by atoms with Crippen molar-refractivity contribution in [1.29, 1.82) is 0 Å². The van der Waals surface area contributed by atoms with Gasteiger partial charge in [0.1, 0.15) is 12.4 Å². The topological polar surface area (TPSA) is 94.9 Å². The molecule has 1 aromatic carbocycles. The van der Waals surface area contributed by atoms with Gasteiger partial charge in [-0.1, -0.05) is 6.07 Å². The van der Waals surface area contributed by atoms with E-state index >= 15 is 0 Å². The van der Waals surface area contributed by atoms with Crippen molar-refractivity contribution in [2.75, 3.05) is 40.5 Å². The molecule has 0 spiro atoms. The number of benzene rings is 1. The van der Waals surface area contributed by atoms with Crippen LogP contribution in [0.15, 0.2) is 34.4 Å². The van der Waals surface area contributed by atoms with E-state index in [0.29, 0.717) is 54.5 Å². The van der Waals surface area contributed by atoms with Crippen molar-refractivity contribution >= 4 is 28.1 Å². The Bertz CT molecular complexity index is 1140. The summed E-state index contributed by atoms with van der Waals surface area (Å²) in [6.07, 6.45) is 0. The normalized spacial score (nSPS) is 14.4. The minimum Gasteiger partial charge on any atom is -0.493 e. The molecule has 0 atom stereocenters. The van der Waals surface area contributed by atoms with Crippen molar-refractivity contribution in [3.8, 4) is 11.5 Å². The molecule has 2 aromatic heterocycles. The van der Waals surface area contributed by atoms with E-state index in [1.807, 2.05) is 17.5 Å². The van der Waals surface area contributed by atoms with E-state index in [2.05, 4.69) is 10.2 Å². The maximum absolute atomic E-state index is 13.4. The summed E-state index contributed by atoms with van der Waals surface area (Å²) in [6.45, 7) is 3.50. The molecule has 32 heavy (non-hydrogen) atoms. The van der Waals surface area contributed by atoms with Crippen LogP contribution in [0.4, 0.5) is 0 Å². The second kappa shape index (κ2) is 10.1. The summed E-state index contributed by atoms with van der Waals surface area (Å²) in [5.74, 6) is 1.22. The third-order valence-electron chi connectivity index (χ3n) is 5.35. The maximum Gasteiger partial charge on any atom is 0.262 e. The number of hydrogen-bond acceptors (Lipinski definition) is 8. The smallest absolute Gasteiger partial charge is 0.262 e. The second-order valence-corrected chi connectivity index (χ2v) is 8.42. The Morgan fingerprint density at radius 2 is 1.97 bits per heavy atom. The molecule has 1 aliphatic rings. The van der Waals surface area contributed by atoms with Gasteiger partial charge in [-0.15, -0.1) is 11.3 Å². The summed E-state index contributed by atoms with van der Waals surface area (Å²) in [7, 11) is 3.05. The molecular weight excluding hydrogens is 432 g/mol. The first kappa shape index (κ1) is 22.3. The molecule has 3 heterocycles. The van der Waals surface area contributed by atoms with Gasteiger partial charge in [0.2, 0.25) is 5.91 Å². The molecule has 1 fully saturated rings. The first-order chi connectivity index (χ1) is 15.6. The fraction of sp³-hybridized carbons (Fsp3) is 0.409. The highest BCUT2D eigenvalue weighted by Crippen LogP contribution is 2.30. The highest BCUT2D eigenvalue weighted by atomic mass is 32.1. The zero-order valence-corrected chi connectivity index (χ0v) is 18.9. The van der Waals surface area contributed by atoms with Crippen LogP contribution in [0.5, 0.6) is 11.5 Å². The van der Waals surface area contributed by atoms with Crippen LogP contribution >= 0.6 is 11.3 Å². The van der Waals surface area contributed by atoms with Crippen LogP contribution in [-0.4, -0.2) is 60.9 Å². The predicted molar refractivity (Wildman–Crippen MR) is 121 cm³/mol. The van der Waals surface area contributed by atoms with E-state index in [9.17, 15) is 9.59 Å². The van der Waals surface area contributed by atoms with Crippen molar-refractivity contribution in [2.24, 2.45) is 0 Å². The molecular formula is C22H26N4O5S. The lowest BCUT2D eigenvalue weighted by atomic mass is 10.2. The molecule has 0 unspecified atom stereocenters. The third-order valence-corrected chi connectivity index (χ3v) is 6.23. The van der Waals surface area contributed by atoms with Gasteiger partial charge in [-0.2, -0.15) is 0 Å². The molecule has 1 saturated heterocycles. The van der Waals surface area contributed by atoms with Gasteiger partial charge in [0, 0.05) is 24.0 Å². The number of carbonyl (C=O) groups excluding carboxylic acids is 1. The summed E-state index contributed by atoms with van der Waals surface area (Å²) < 4.78 is 17.6. The Morgan fingerprint density at radius 1 is 1.22 bits per heavy atom. The van der Waals surface area contributed by atoms with Crippen molar-refractivity contribution in [3.63, 3.8) is 0 Å². The summed E-state index contributed by atoms with van der Waals surface area (Å²) >= 11 is 1.57. The average molecular weight is 459 g/mol. The van der Waals surface area contributed by atoms with Gasteiger partial charge in [-0.3, -0.25) is 19.1 Å². The van der Waals surface area contributed by atoms with Gasteiger partial charge in [-0.05, 0) is 17.5 Å². The van der Waals surface area contributed by atoms with Gasteiger partial charge >= 0.3 is 0 Å². The molecule has 1 amide bonds. The van der Waals surface area contributed by atoms with Gasteiger partial charge in [0.25, 0.3) is 5.56 Å². The Morgan fingerprint density at radius 3 is 2.66 bits per heavy atom. The Kier molecular flexibility index (Phi) is 7.03. The van der Waals surface area contributed by atoms with E-state index in [0.717, 1.165) is 18.0 Å². The largest absolute Gasteiger partial charge is 0.493 e. The van der Waals surface area contributed by atoms with Crippen molar-refractivity contribution < 1.29 is 19.0 Å². The molecule has 0 saturated carbocycles. The minimum atomic E-state index is -0.287. The summed E-state index contributed by atoms with van der Waals surface area (Å²) in [6, 6.07) is 7.20. The highest BCUT2D eigenvalue weighted by Gasteiger charge is 2.20. The van der Waals surface area contributed by atoms with Gasteiger partial charge in [-0.25, -0.2) is 4.98 Å². The number of ether oxygens (including phenoxy) is 3. The van der Waals surface area contributed by atoms with E-state index in [1.54, 1.807) is 23.5 Å². The molecule has 4 rings (SSSR count). The lowest BCUT2D eigenvalue weighted by Crippen LogP contribution is -2.39. The number of fused-ring (bicyclic) bond motifs is 1. The Balaban J connectivity index is 1.69. The Hall–Kier alpha value is -2.95. The fourth-order valence-corrected chi connectivity index (χ4v) is 4.28. The predicted octanol–water partition coefficient (Wildman–Crippen LogP) is 1.62. The summed E-state index contributed by atoms with van der Waals surface area (Å²) in [5, 5.41) is 5.22. The molecule has 10 heteroatoms. The summed E-state index contributed by atoms with van der Waals surface area (Å²) in [5.41, 5.74) is 0.219. The maximum atomic E-state index is 13.4. The van der Waals surface area contributed by atoms with Crippen LogP contribution in [0.1, 0.15) is 10.7 Å². The number of carbonyl (C=O) groups is 1. The van der Waals surface area contributed by atoms with Gasteiger partial charge in [0.05, 0.1) is 51.4 Å². The molecule has 1 N–H and O–H groups in total. The van der Waals surface area contributed by atoms with E-state index in [-0.39, 0.29) is 18.0 Å². The molecule has 0 bridgehead atoms. The lowest BCUT2D eigenvalue weighted by molar-refractivity contribution is -0.121. The second-order valence-electron chi connectivity index (χ2n) is 7.39. The number of nitrogens with one attached hydrogen (secondary N) is 1. The minimum absolute atomic E-state index is 0.110. The molecule has 170 valence electrons. The number of amides is 1. The number of thiophene rings is 1. The van der Waals surface area contributed by atoms with Crippen molar-refractivity contribution in [1.82, 2.24) is 19.8 Å². The lowest BCUT2D eigenvalue weighted by Gasteiger charge is -2.27. The van der Waals surface area contributed by atoms with Crippen LogP contribution < -0.4 is 20.3 Å². The van der Waals surface area contributed by atoms with Crippen molar-refractivity contribution in [3.05, 3.63) is 50.7 Å². The zero-order valence-electron chi connectivity index (χ0n) is 18.1. The summed E-state index contributed by atoms with van der Waals surface area (Å²) in [4.78, 5) is 34.1. The van der Waals surface area contributed by atoms with E-state index in [1.165, 1.54) is 18.8 Å². The number of nitrogens with zero attached hydrogens (tertiary/aromatic N) is 3. The first-order valence-corrected chi connectivity index (χ1v) is 11.2. The highest BCUT2D eigenvalue weighted by molar-refractivity contribution is 7.09. The number of aromatic nitrogens is 2. The molecule has 9 nitrogen and oxygen atoms in total. The quantitative estimate of drug-likeness (QED) is 0.548.